The van der Waals surface area contributed by atoms with E-state index in [4.69, 9.17) is 4.74 Å². The summed E-state index contributed by atoms with van der Waals surface area (Å²) in [6.45, 7) is 2.54. The van der Waals surface area contributed by atoms with E-state index in [-0.39, 0.29) is 11.9 Å². The number of fused-ring (bicyclic) bond motifs is 1. The highest BCUT2D eigenvalue weighted by atomic mass is 19.1. The second kappa shape index (κ2) is 6.39. The van der Waals surface area contributed by atoms with Crippen LogP contribution < -0.4 is 10.1 Å². The van der Waals surface area contributed by atoms with E-state index in [2.05, 4.69) is 15.4 Å². The standard InChI is InChI=1S/C19H17FN4O/c1-2-25-18-6-4-3-5-15(18)17-11-16(13-7-9-14(20)10-8-13)23-19-21-12-22-24(17)19/h3-12,17H,2H2,1H3,(H,21,22,23)/t17-/m1/s1. The lowest BCUT2D eigenvalue weighted by atomic mass is 10.0. The third-order valence-electron chi connectivity index (χ3n) is 4.10. The predicted molar refractivity (Wildman–Crippen MR) is 93.8 cm³/mol. The third kappa shape index (κ3) is 2.87. The number of rotatable bonds is 4. The number of nitrogens with zero attached hydrogens (tertiary/aromatic N) is 3. The number of allylic oxidation sites excluding steroid dienone is 1. The lowest BCUT2D eigenvalue weighted by Gasteiger charge is -2.25. The van der Waals surface area contributed by atoms with Crippen LogP contribution in [0.4, 0.5) is 10.3 Å². The lowest BCUT2D eigenvalue weighted by molar-refractivity contribution is 0.333. The van der Waals surface area contributed by atoms with Crippen LogP contribution in [0.1, 0.15) is 24.1 Å². The van der Waals surface area contributed by atoms with Gasteiger partial charge in [-0.15, -0.1) is 0 Å². The Morgan fingerprint density at radius 2 is 1.96 bits per heavy atom. The molecular formula is C19H17FN4O. The lowest BCUT2D eigenvalue weighted by Crippen LogP contribution is -2.20. The highest BCUT2D eigenvalue weighted by molar-refractivity contribution is 5.77. The molecule has 0 amide bonds. The zero-order valence-corrected chi connectivity index (χ0v) is 13.7. The Kier molecular flexibility index (Phi) is 3.93. The van der Waals surface area contributed by atoms with Crippen molar-refractivity contribution in [3.63, 3.8) is 0 Å². The van der Waals surface area contributed by atoms with Gasteiger partial charge in [-0.25, -0.2) is 9.07 Å². The summed E-state index contributed by atoms with van der Waals surface area (Å²) in [7, 11) is 0. The minimum Gasteiger partial charge on any atom is -0.494 e. The van der Waals surface area contributed by atoms with Gasteiger partial charge in [0.25, 0.3) is 0 Å². The molecule has 0 unspecified atom stereocenters. The molecule has 126 valence electrons. The minimum atomic E-state index is -0.262. The Morgan fingerprint density at radius 3 is 2.76 bits per heavy atom. The number of anilines is 1. The molecule has 1 aliphatic rings. The van der Waals surface area contributed by atoms with Gasteiger partial charge >= 0.3 is 0 Å². The minimum absolute atomic E-state index is 0.165. The molecule has 0 fully saturated rings. The number of para-hydroxylation sites is 1. The Hall–Kier alpha value is -3.15. The molecule has 0 spiro atoms. The van der Waals surface area contributed by atoms with Gasteiger partial charge in [-0.05, 0) is 48.9 Å². The molecule has 0 radical (unpaired) electrons. The van der Waals surface area contributed by atoms with Crippen LogP contribution in [0.15, 0.2) is 60.9 Å². The number of benzene rings is 2. The first-order valence-corrected chi connectivity index (χ1v) is 8.12. The molecule has 0 saturated carbocycles. The molecule has 6 heteroatoms. The number of hydrogen-bond acceptors (Lipinski definition) is 4. The molecule has 1 aliphatic heterocycles. The number of ether oxygens (including phenoxy) is 1. The van der Waals surface area contributed by atoms with E-state index in [1.54, 1.807) is 12.1 Å². The van der Waals surface area contributed by atoms with Crippen molar-refractivity contribution in [1.29, 1.82) is 0 Å². The van der Waals surface area contributed by atoms with Gasteiger partial charge in [0.15, 0.2) is 0 Å². The summed E-state index contributed by atoms with van der Waals surface area (Å²) in [5, 5.41) is 7.59. The molecular weight excluding hydrogens is 319 g/mol. The van der Waals surface area contributed by atoms with E-state index in [9.17, 15) is 4.39 Å². The summed E-state index contributed by atoms with van der Waals surface area (Å²) in [6.07, 6.45) is 3.56. The summed E-state index contributed by atoms with van der Waals surface area (Å²) in [6, 6.07) is 14.1. The van der Waals surface area contributed by atoms with Gasteiger partial charge in [-0.3, -0.25) is 0 Å². The fourth-order valence-corrected chi connectivity index (χ4v) is 2.96. The summed E-state index contributed by atoms with van der Waals surface area (Å²) in [4.78, 5) is 4.29. The normalized spacial score (nSPS) is 15.9. The van der Waals surface area contributed by atoms with Crippen molar-refractivity contribution in [3.05, 3.63) is 77.9 Å². The molecule has 0 saturated heterocycles. The molecule has 1 N–H and O–H groups in total. The molecule has 4 rings (SSSR count). The van der Waals surface area contributed by atoms with Crippen LogP contribution in [0.2, 0.25) is 0 Å². The average Bonchev–Trinajstić information content (AvgIpc) is 3.11. The second-order valence-corrected chi connectivity index (χ2v) is 5.66. The molecule has 0 bridgehead atoms. The van der Waals surface area contributed by atoms with Gasteiger partial charge in [0.2, 0.25) is 5.95 Å². The van der Waals surface area contributed by atoms with Gasteiger partial charge in [-0.1, -0.05) is 18.2 Å². The van der Waals surface area contributed by atoms with E-state index >= 15 is 0 Å². The van der Waals surface area contributed by atoms with Crippen molar-refractivity contribution in [1.82, 2.24) is 14.8 Å². The first kappa shape index (κ1) is 15.4. The highest BCUT2D eigenvalue weighted by Crippen LogP contribution is 2.35. The maximum absolute atomic E-state index is 13.2. The summed E-state index contributed by atoms with van der Waals surface area (Å²) in [5.74, 6) is 1.19. The van der Waals surface area contributed by atoms with Crippen molar-refractivity contribution in [3.8, 4) is 5.75 Å². The van der Waals surface area contributed by atoms with Crippen molar-refractivity contribution in [2.45, 2.75) is 13.0 Å². The monoisotopic (exact) mass is 336 g/mol. The van der Waals surface area contributed by atoms with Crippen LogP contribution in [-0.2, 0) is 0 Å². The number of hydrogen-bond donors (Lipinski definition) is 1. The van der Waals surface area contributed by atoms with Crippen LogP contribution in [0.3, 0.4) is 0 Å². The molecule has 1 aromatic heterocycles. The van der Waals surface area contributed by atoms with Crippen molar-refractivity contribution in [2.24, 2.45) is 0 Å². The zero-order chi connectivity index (χ0) is 17.2. The number of aromatic nitrogens is 3. The topological polar surface area (TPSA) is 52.0 Å². The fraction of sp³-hybridized carbons (Fsp3) is 0.158. The molecule has 2 aromatic carbocycles. The predicted octanol–water partition coefficient (Wildman–Crippen LogP) is 3.87. The quantitative estimate of drug-likeness (QED) is 0.786. The van der Waals surface area contributed by atoms with Crippen molar-refractivity contribution >= 4 is 11.6 Å². The van der Waals surface area contributed by atoms with Gasteiger partial charge in [0, 0.05) is 11.3 Å². The Bertz CT molecular complexity index is 917. The van der Waals surface area contributed by atoms with Crippen LogP contribution >= 0.6 is 0 Å². The molecule has 0 aliphatic carbocycles. The first-order chi connectivity index (χ1) is 12.3. The Labute approximate surface area is 144 Å². The van der Waals surface area contributed by atoms with Crippen molar-refractivity contribution in [2.75, 3.05) is 11.9 Å². The molecule has 1 atom stereocenters. The van der Waals surface area contributed by atoms with E-state index in [1.165, 1.54) is 18.5 Å². The van der Waals surface area contributed by atoms with E-state index in [0.717, 1.165) is 22.6 Å². The van der Waals surface area contributed by atoms with Gasteiger partial charge in [0.1, 0.15) is 23.9 Å². The Balaban J connectivity index is 1.81. The van der Waals surface area contributed by atoms with E-state index in [1.807, 2.05) is 41.9 Å². The highest BCUT2D eigenvalue weighted by Gasteiger charge is 2.25. The van der Waals surface area contributed by atoms with Crippen LogP contribution in [0, 0.1) is 5.82 Å². The maximum atomic E-state index is 13.2. The molecule has 25 heavy (non-hydrogen) atoms. The summed E-state index contributed by atoms with van der Waals surface area (Å²) >= 11 is 0. The molecule has 2 heterocycles. The zero-order valence-electron chi connectivity index (χ0n) is 13.7. The van der Waals surface area contributed by atoms with Crippen LogP contribution in [0.5, 0.6) is 5.75 Å². The second-order valence-electron chi connectivity index (χ2n) is 5.66. The van der Waals surface area contributed by atoms with Gasteiger partial charge < -0.3 is 10.1 Å². The maximum Gasteiger partial charge on any atom is 0.226 e. The van der Waals surface area contributed by atoms with E-state index < -0.39 is 0 Å². The average molecular weight is 336 g/mol. The molecule has 3 aromatic rings. The summed E-state index contributed by atoms with van der Waals surface area (Å²) < 4.78 is 20.8. The smallest absolute Gasteiger partial charge is 0.226 e. The third-order valence-corrected chi connectivity index (χ3v) is 4.10. The van der Waals surface area contributed by atoms with Crippen LogP contribution in [0.25, 0.3) is 5.70 Å². The largest absolute Gasteiger partial charge is 0.494 e. The number of nitrogens with one attached hydrogen (secondary N) is 1. The fourth-order valence-electron chi connectivity index (χ4n) is 2.96. The van der Waals surface area contributed by atoms with Gasteiger partial charge in [0.05, 0.1) is 6.61 Å². The van der Waals surface area contributed by atoms with E-state index in [0.29, 0.717) is 12.6 Å². The summed E-state index contributed by atoms with van der Waals surface area (Å²) in [5.41, 5.74) is 2.74. The van der Waals surface area contributed by atoms with Gasteiger partial charge in [-0.2, -0.15) is 10.1 Å². The molecule has 5 nitrogen and oxygen atoms in total. The Morgan fingerprint density at radius 1 is 1.16 bits per heavy atom. The SMILES string of the molecule is CCOc1ccccc1[C@H]1C=C(c2ccc(F)cc2)Nc2ncnn21. The van der Waals surface area contributed by atoms with Crippen molar-refractivity contribution < 1.29 is 9.13 Å². The first-order valence-electron chi connectivity index (χ1n) is 8.12. The number of halogens is 1. The van der Waals surface area contributed by atoms with Crippen LogP contribution in [-0.4, -0.2) is 21.4 Å².